The average Bonchev–Trinajstić information content (AvgIpc) is 2.58. The molecule has 5 heteroatoms. The Kier molecular flexibility index (Phi) is 4.58. The van der Waals surface area contributed by atoms with Crippen molar-refractivity contribution in [2.45, 2.75) is 33.6 Å². The lowest BCUT2D eigenvalue weighted by Gasteiger charge is -2.38. The fraction of sp³-hybridized carbons (Fsp3) is 0.400. The molecule has 2 aromatic carbocycles. The maximum absolute atomic E-state index is 13.8. The van der Waals surface area contributed by atoms with E-state index in [-0.39, 0.29) is 11.3 Å². The standard InChI is InChI=1S/C20H25F2N3/c1-13-12-16(19(23)18(22)17(13)21)24-14-4-6-15(7-5-14)25-10-8-20(2,3)9-11-25/h4-7,12,24H,8-11,23H2,1-3H3. The van der Waals surface area contributed by atoms with Gasteiger partial charge in [-0.25, -0.2) is 8.78 Å². The number of hydrogen-bond donors (Lipinski definition) is 2. The maximum Gasteiger partial charge on any atom is 0.184 e. The quantitative estimate of drug-likeness (QED) is 0.749. The molecule has 2 aromatic rings. The molecule has 134 valence electrons. The van der Waals surface area contributed by atoms with Gasteiger partial charge in [-0.3, -0.25) is 0 Å². The van der Waals surface area contributed by atoms with Gasteiger partial charge in [0.1, 0.15) is 0 Å². The first kappa shape index (κ1) is 17.5. The number of nitrogens with zero attached hydrogens (tertiary/aromatic N) is 1. The Balaban J connectivity index is 1.74. The summed E-state index contributed by atoms with van der Waals surface area (Å²) < 4.78 is 27.3. The van der Waals surface area contributed by atoms with Gasteiger partial charge in [0, 0.05) is 24.5 Å². The number of nitrogens with two attached hydrogens (primary N) is 1. The highest BCUT2D eigenvalue weighted by Crippen LogP contribution is 2.33. The first-order valence-electron chi connectivity index (χ1n) is 8.63. The molecule has 25 heavy (non-hydrogen) atoms. The predicted octanol–water partition coefficient (Wildman–Crippen LogP) is 5.23. The van der Waals surface area contributed by atoms with Crippen LogP contribution in [0.1, 0.15) is 32.3 Å². The molecule has 0 bridgehead atoms. The van der Waals surface area contributed by atoms with Crippen LogP contribution in [-0.2, 0) is 0 Å². The Labute approximate surface area is 147 Å². The summed E-state index contributed by atoms with van der Waals surface area (Å²) in [6, 6.07) is 9.48. The van der Waals surface area contributed by atoms with Crippen LogP contribution in [-0.4, -0.2) is 13.1 Å². The number of rotatable bonds is 3. The van der Waals surface area contributed by atoms with Crippen LogP contribution in [0.15, 0.2) is 30.3 Å². The molecule has 3 nitrogen and oxygen atoms in total. The predicted molar refractivity (Wildman–Crippen MR) is 100 cm³/mol. The minimum atomic E-state index is -1.00. The van der Waals surface area contributed by atoms with Crippen molar-refractivity contribution in [3.05, 3.63) is 47.5 Å². The normalized spacial score (nSPS) is 16.8. The van der Waals surface area contributed by atoms with Crippen LogP contribution in [0.4, 0.5) is 31.5 Å². The second-order valence-corrected chi connectivity index (χ2v) is 7.61. The summed E-state index contributed by atoms with van der Waals surface area (Å²) in [4.78, 5) is 2.38. The molecule has 3 rings (SSSR count). The van der Waals surface area contributed by atoms with Gasteiger partial charge in [-0.2, -0.15) is 0 Å². The van der Waals surface area contributed by atoms with Crippen molar-refractivity contribution in [3.8, 4) is 0 Å². The van der Waals surface area contributed by atoms with Crippen LogP contribution < -0.4 is 16.0 Å². The minimum Gasteiger partial charge on any atom is -0.395 e. The largest absolute Gasteiger partial charge is 0.395 e. The van der Waals surface area contributed by atoms with Crippen LogP contribution >= 0.6 is 0 Å². The van der Waals surface area contributed by atoms with Gasteiger partial charge in [0.15, 0.2) is 11.6 Å². The molecule has 0 unspecified atom stereocenters. The van der Waals surface area contributed by atoms with Crippen LogP contribution in [0.2, 0.25) is 0 Å². The minimum absolute atomic E-state index is 0.203. The first-order valence-corrected chi connectivity index (χ1v) is 8.63. The van der Waals surface area contributed by atoms with E-state index in [0.29, 0.717) is 11.1 Å². The van der Waals surface area contributed by atoms with Gasteiger partial charge in [0.05, 0.1) is 11.4 Å². The number of nitrogen functional groups attached to an aromatic ring is 1. The van der Waals surface area contributed by atoms with Gasteiger partial charge in [-0.15, -0.1) is 0 Å². The lowest BCUT2D eigenvalue weighted by molar-refractivity contribution is 0.280. The molecule has 0 spiro atoms. The Hall–Kier alpha value is -2.30. The van der Waals surface area contributed by atoms with Gasteiger partial charge in [0.2, 0.25) is 0 Å². The fourth-order valence-corrected chi connectivity index (χ4v) is 3.15. The third-order valence-corrected chi connectivity index (χ3v) is 5.05. The van der Waals surface area contributed by atoms with Crippen molar-refractivity contribution < 1.29 is 8.78 Å². The number of hydrogen-bond acceptors (Lipinski definition) is 3. The molecule has 1 fully saturated rings. The molecule has 1 saturated heterocycles. The SMILES string of the molecule is Cc1cc(Nc2ccc(N3CCC(C)(C)CC3)cc2)c(N)c(F)c1F. The molecule has 0 saturated carbocycles. The molecule has 0 aliphatic carbocycles. The molecule has 0 atom stereocenters. The maximum atomic E-state index is 13.8. The lowest BCUT2D eigenvalue weighted by atomic mass is 9.82. The van der Waals surface area contributed by atoms with E-state index < -0.39 is 11.6 Å². The molecule has 1 heterocycles. The smallest absolute Gasteiger partial charge is 0.184 e. The second kappa shape index (κ2) is 6.54. The van der Waals surface area contributed by atoms with Crippen LogP contribution in [0.5, 0.6) is 0 Å². The molecule has 1 aliphatic heterocycles. The number of aryl methyl sites for hydroxylation is 1. The number of benzene rings is 2. The molecular formula is C20H25F2N3. The topological polar surface area (TPSA) is 41.3 Å². The van der Waals surface area contributed by atoms with Crippen LogP contribution in [0.3, 0.4) is 0 Å². The summed E-state index contributed by atoms with van der Waals surface area (Å²) in [5.41, 5.74) is 8.47. The highest BCUT2D eigenvalue weighted by atomic mass is 19.2. The molecule has 0 aromatic heterocycles. The van der Waals surface area contributed by atoms with E-state index in [9.17, 15) is 8.78 Å². The van der Waals surface area contributed by atoms with Crippen molar-refractivity contribution in [1.29, 1.82) is 0 Å². The fourth-order valence-electron chi connectivity index (χ4n) is 3.15. The summed E-state index contributed by atoms with van der Waals surface area (Å²) in [5, 5.41) is 3.07. The van der Waals surface area contributed by atoms with E-state index >= 15 is 0 Å². The monoisotopic (exact) mass is 345 g/mol. The van der Waals surface area contributed by atoms with Crippen LogP contribution in [0, 0.1) is 24.0 Å². The average molecular weight is 345 g/mol. The third-order valence-electron chi connectivity index (χ3n) is 5.05. The molecule has 0 amide bonds. The Morgan fingerprint density at radius 2 is 1.64 bits per heavy atom. The summed E-state index contributed by atoms with van der Waals surface area (Å²) >= 11 is 0. The zero-order valence-corrected chi connectivity index (χ0v) is 15.0. The summed E-state index contributed by atoms with van der Waals surface area (Å²) in [5.74, 6) is -1.90. The Morgan fingerprint density at radius 3 is 2.24 bits per heavy atom. The Bertz CT molecular complexity index is 760. The van der Waals surface area contributed by atoms with E-state index in [1.54, 1.807) is 0 Å². The van der Waals surface area contributed by atoms with Crippen LogP contribution in [0.25, 0.3) is 0 Å². The van der Waals surface area contributed by atoms with Crippen molar-refractivity contribution in [2.75, 3.05) is 29.0 Å². The lowest BCUT2D eigenvalue weighted by Crippen LogP contribution is -2.37. The zero-order chi connectivity index (χ0) is 18.2. The number of nitrogens with one attached hydrogen (secondary N) is 1. The van der Waals surface area contributed by atoms with Crippen molar-refractivity contribution >= 4 is 22.7 Å². The summed E-state index contributed by atoms with van der Waals surface area (Å²) in [6.45, 7) is 8.24. The summed E-state index contributed by atoms with van der Waals surface area (Å²) in [7, 11) is 0. The highest BCUT2D eigenvalue weighted by molar-refractivity contribution is 5.74. The molecular weight excluding hydrogens is 320 g/mol. The van der Waals surface area contributed by atoms with E-state index in [1.165, 1.54) is 31.5 Å². The number of halogens is 2. The van der Waals surface area contributed by atoms with E-state index in [1.807, 2.05) is 24.3 Å². The van der Waals surface area contributed by atoms with Crippen molar-refractivity contribution in [2.24, 2.45) is 5.41 Å². The van der Waals surface area contributed by atoms with Gasteiger partial charge in [-0.1, -0.05) is 13.8 Å². The molecule has 1 aliphatic rings. The van der Waals surface area contributed by atoms with Crippen molar-refractivity contribution in [3.63, 3.8) is 0 Å². The number of piperidine rings is 1. The van der Waals surface area contributed by atoms with Gasteiger partial charge < -0.3 is 16.0 Å². The molecule has 3 N–H and O–H groups in total. The van der Waals surface area contributed by atoms with E-state index in [4.69, 9.17) is 5.73 Å². The van der Waals surface area contributed by atoms with E-state index in [2.05, 4.69) is 24.1 Å². The molecule has 0 radical (unpaired) electrons. The third kappa shape index (κ3) is 3.70. The van der Waals surface area contributed by atoms with Gasteiger partial charge in [0.25, 0.3) is 0 Å². The summed E-state index contributed by atoms with van der Waals surface area (Å²) in [6.07, 6.45) is 2.36. The van der Waals surface area contributed by atoms with Gasteiger partial charge >= 0.3 is 0 Å². The van der Waals surface area contributed by atoms with Gasteiger partial charge in [-0.05, 0) is 61.1 Å². The Morgan fingerprint density at radius 1 is 1.04 bits per heavy atom. The number of anilines is 4. The zero-order valence-electron chi connectivity index (χ0n) is 15.0. The van der Waals surface area contributed by atoms with Crippen molar-refractivity contribution in [1.82, 2.24) is 0 Å². The first-order chi connectivity index (χ1) is 11.8. The van der Waals surface area contributed by atoms with E-state index in [0.717, 1.165) is 18.8 Å². The second-order valence-electron chi connectivity index (χ2n) is 7.61. The highest BCUT2D eigenvalue weighted by Gasteiger charge is 2.25.